The molecular formula is C29H32N4O4. The second kappa shape index (κ2) is 11.6. The number of rotatable bonds is 10. The Morgan fingerprint density at radius 1 is 1.16 bits per heavy atom. The Balaban J connectivity index is 1.76. The van der Waals surface area contributed by atoms with E-state index in [0.29, 0.717) is 35.1 Å². The van der Waals surface area contributed by atoms with Crippen molar-refractivity contribution in [3.63, 3.8) is 0 Å². The maximum absolute atomic E-state index is 13.0. The maximum Gasteiger partial charge on any atom is 0.338 e. The fraction of sp³-hybridized carbons (Fsp3) is 0.276. The number of hydrogen-bond acceptors (Lipinski definition) is 5. The average molecular weight is 501 g/mol. The summed E-state index contributed by atoms with van der Waals surface area (Å²) in [4.78, 5) is 25.5. The van der Waals surface area contributed by atoms with Crippen molar-refractivity contribution in [1.82, 2.24) is 20.4 Å². The van der Waals surface area contributed by atoms with Crippen molar-refractivity contribution in [3.05, 3.63) is 90.3 Å². The molecule has 2 N–H and O–H groups in total. The highest BCUT2D eigenvalue weighted by Gasteiger charge is 2.35. The summed E-state index contributed by atoms with van der Waals surface area (Å²) in [6.45, 7) is 10.3. The van der Waals surface area contributed by atoms with Crippen LogP contribution in [-0.4, -0.2) is 35.0 Å². The molecule has 8 heteroatoms. The molecule has 0 spiro atoms. The zero-order valence-electron chi connectivity index (χ0n) is 21.4. The van der Waals surface area contributed by atoms with Crippen LogP contribution in [0.1, 0.15) is 38.8 Å². The van der Waals surface area contributed by atoms with Crippen LogP contribution in [-0.2, 0) is 9.53 Å². The topological polar surface area (TPSA) is 94.5 Å². The van der Waals surface area contributed by atoms with Crippen LogP contribution in [0.15, 0.2) is 84.7 Å². The zero-order valence-corrected chi connectivity index (χ0v) is 21.4. The number of benzene rings is 2. The zero-order chi connectivity index (χ0) is 26.4. The molecule has 0 bridgehead atoms. The molecule has 1 aliphatic heterocycles. The first-order valence-electron chi connectivity index (χ1n) is 12.3. The Bertz CT molecular complexity index is 1290. The van der Waals surface area contributed by atoms with Crippen molar-refractivity contribution < 1.29 is 19.1 Å². The number of nitrogens with zero attached hydrogens (tertiary/aromatic N) is 2. The summed E-state index contributed by atoms with van der Waals surface area (Å²) in [5.41, 5.74) is 3.70. The van der Waals surface area contributed by atoms with Gasteiger partial charge in [0.15, 0.2) is 0 Å². The van der Waals surface area contributed by atoms with Gasteiger partial charge in [0, 0.05) is 23.0 Å². The summed E-state index contributed by atoms with van der Waals surface area (Å²) in [6, 6.07) is 16.2. The molecule has 0 fully saturated rings. The van der Waals surface area contributed by atoms with Crippen LogP contribution in [0.25, 0.3) is 16.9 Å². The quantitative estimate of drug-likeness (QED) is 0.290. The van der Waals surface area contributed by atoms with Crippen molar-refractivity contribution in [3.8, 4) is 22.7 Å². The van der Waals surface area contributed by atoms with Crippen LogP contribution in [0.4, 0.5) is 4.79 Å². The minimum Gasteiger partial charge on any atom is -0.494 e. The van der Waals surface area contributed by atoms with Gasteiger partial charge in [-0.2, -0.15) is 5.10 Å². The first-order chi connectivity index (χ1) is 17.9. The van der Waals surface area contributed by atoms with Gasteiger partial charge in [-0.1, -0.05) is 44.7 Å². The lowest BCUT2D eigenvalue weighted by Crippen LogP contribution is -2.45. The fourth-order valence-corrected chi connectivity index (χ4v) is 4.07. The smallest absolute Gasteiger partial charge is 0.338 e. The van der Waals surface area contributed by atoms with E-state index in [2.05, 4.69) is 31.1 Å². The fourth-order valence-electron chi connectivity index (χ4n) is 4.07. The first-order valence-corrected chi connectivity index (χ1v) is 12.3. The van der Waals surface area contributed by atoms with Crippen molar-refractivity contribution >= 4 is 12.0 Å². The molecule has 1 aromatic heterocycles. The molecule has 2 heterocycles. The van der Waals surface area contributed by atoms with E-state index in [1.165, 1.54) is 6.08 Å². The van der Waals surface area contributed by atoms with Crippen LogP contribution in [0.3, 0.4) is 0 Å². The highest BCUT2D eigenvalue weighted by atomic mass is 16.5. The normalized spacial score (nSPS) is 15.2. The molecule has 37 heavy (non-hydrogen) atoms. The van der Waals surface area contributed by atoms with Gasteiger partial charge in [0.05, 0.1) is 29.6 Å². The standard InChI is InChI=1S/C29H32N4O4/c1-5-16-37-28(34)25-20(4)30-29(35)31-27(25)24-18-33(22-9-7-6-8-10-22)32-26(24)21-11-13-23(14-12-21)36-17-15-19(2)3/h5-14,18-19,27H,1,15-17H2,2-4H3,(H2,30,31,35)/t27-/m1/s1. The van der Waals surface area contributed by atoms with Crippen LogP contribution in [0, 0.1) is 5.92 Å². The number of carbonyl (C=O) groups is 2. The Morgan fingerprint density at radius 2 is 1.89 bits per heavy atom. The van der Waals surface area contributed by atoms with Gasteiger partial charge in [0.2, 0.25) is 0 Å². The molecule has 0 aliphatic carbocycles. The summed E-state index contributed by atoms with van der Waals surface area (Å²) in [7, 11) is 0. The maximum atomic E-state index is 13.0. The second-order valence-corrected chi connectivity index (χ2v) is 9.23. The monoisotopic (exact) mass is 500 g/mol. The van der Waals surface area contributed by atoms with Crippen molar-refractivity contribution in [2.24, 2.45) is 5.92 Å². The summed E-state index contributed by atoms with van der Waals surface area (Å²) in [5.74, 6) is 0.795. The largest absolute Gasteiger partial charge is 0.494 e. The van der Waals surface area contributed by atoms with Crippen molar-refractivity contribution in [2.75, 3.05) is 13.2 Å². The molecule has 2 amide bonds. The third-order valence-electron chi connectivity index (χ3n) is 5.99. The number of hydrogen-bond donors (Lipinski definition) is 2. The van der Waals surface area contributed by atoms with Gasteiger partial charge >= 0.3 is 12.0 Å². The van der Waals surface area contributed by atoms with Gasteiger partial charge in [-0.3, -0.25) is 0 Å². The first kappa shape index (κ1) is 25.8. The molecule has 4 rings (SSSR count). The molecule has 3 aromatic rings. The SMILES string of the molecule is C=CCOC(=O)C1=C(C)NC(=O)N[C@@H]1c1cn(-c2ccccc2)nc1-c1ccc(OCCC(C)C)cc1. The molecule has 1 aliphatic rings. The van der Waals surface area contributed by atoms with E-state index in [-0.39, 0.29) is 6.61 Å². The lowest BCUT2D eigenvalue weighted by Gasteiger charge is -2.27. The van der Waals surface area contributed by atoms with Crippen LogP contribution in [0.5, 0.6) is 5.75 Å². The Hall–Kier alpha value is -4.33. The van der Waals surface area contributed by atoms with Gasteiger partial charge in [-0.15, -0.1) is 0 Å². The molecule has 0 unspecified atom stereocenters. The molecule has 2 aromatic carbocycles. The Kier molecular flexibility index (Phi) is 8.08. The molecule has 192 valence electrons. The highest BCUT2D eigenvalue weighted by Crippen LogP contribution is 2.35. The minimum absolute atomic E-state index is 0.0602. The third-order valence-corrected chi connectivity index (χ3v) is 5.99. The summed E-state index contributed by atoms with van der Waals surface area (Å²) in [6.07, 6.45) is 4.31. The average Bonchev–Trinajstić information content (AvgIpc) is 3.33. The Morgan fingerprint density at radius 3 is 2.57 bits per heavy atom. The van der Waals surface area contributed by atoms with Crippen LogP contribution >= 0.6 is 0 Å². The molecule has 0 radical (unpaired) electrons. The van der Waals surface area contributed by atoms with Gasteiger partial charge in [-0.05, 0) is 55.7 Å². The lowest BCUT2D eigenvalue weighted by atomic mass is 9.94. The van der Waals surface area contributed by atoms with E-state index in [1.54, 1.807) is 11.6 Å². The van der Waals surface area contributed by atoms with Gasteiger partial charge in [0.25, 0.3) is 0 Å². The van der Waals surface area contributed by atoms with E-state index in [9.17, 15) is 9.59 Å². The summed E-state index contributed by atoms with van der Waals surface area (Å²) >= 11 is 0. The van der Waals surface area contributed by atoms with E-state index < -0.39 is 18.0 Å². The Labute approximate surface area is 217 Å². The molecule has 8 nitrogen and oxygen atoms in total. The van der Waals surface area contributed by atoms with Gasteiger partial charge < -0.3 is 20.1 Å². The number of allylic oxidation sites excluding steroid dienone is 1. The minimum atomic E-state index is -0.763. The van der Waals surface area contributed by atoms with E-state index in [4.69, 9.17) is 14.6 Å². The number of aromatic nitrogens is 2. The number of nitrogens with one attached hydrogen (secondary N) is 2. The van der Waals surface area contributed by atoms with Crippen LogP contribution < -0.4 is 15.4 Å². The number of para-hydroxylation sites is 1. The van der Waals surface area contributed by atoms with Crippen LogP contribution in [0.2, 0.25) is 0 Å². The van der Waals surface area contributed by atoms with E-state index in [1.807, 2.05) is 60.8 Å². The number of carbonyl (C=O) groups excluding carboxylic acids is 2. The number of ether oxygens (including phenoxy) is 2. The van der Waals surface area contributed by atoms with Gasteiger partial charge in [-0.25, -0.2) is 14.3 Å². The van der Waals surface area contributed by atoms with E-state index >= 15 is 0 Å². The molecule has 0 saturated heterocycles. The molecule has 1 atom stereocenters. The van der Waals surface area contributed by atoms with E-state index in [0.717, 1.165) is 23.4 Å². The summed E-state index contributed by atoms with van der Waals surface area (Å²) in [5, 5.41) is 10.4. The van der Waals surface area contributed by atoms with Gasteiger partial charge in [0.1, 0.15) is 12.4 Å². The van der Waals surface area contributed by atoms with Crippen molar-refractivity contribution in [1.29, 1.82) is 0 Å². The molecular weight excluding hydrogens is 468 g/mol. The summed E-state index contributed by atoms with van der Waals surface area (Å²) < 4.78 is 13.0. The predicted octanol–water partition coefficient (Wildman–Crippen LogP) is 5.32. The second-order valence-electron chi connectivity index (χ2n) is 9.23. The predicted molar refractivity (Wildman–Crippen MR) is 142 cm³/mol. The number of urea groups is 1. The van der Waals surface area contributed by atoms with Crippen molar-refractivity contribution in [2.45, 2.75) is 33.2 Å². The lowest BCUT2D eigenvalue weighted by molar-refractivity contribution is -0.138. The molecule has 0 saturated carbocycles. The number of esters is 1. The third kappa shape index (κ3) is 6.09. The highest BCUT2D eigenvalue weighted by molar-refractivity contribution is 5.95. The number of amides is 2.